The fourth-order valence-electron chi connectivity index (χ4n) is 2.16. The van der Waals surface area contributed by atoms with Crippen molar-refractivity contribution in [2.45, 2.75) is 39.2 Å². The molecule has 1 atom stereocenters. The van der Waals surface area contributed by atoms with Gasteiger partial charge in [-0.05, 0) is 31.0 Å². The molecule has 0 spiro atoms. The highest BCUT2D eigenvalue weighted by atomic mass is 16.4. The van der Waals surface area contributed by atoms with Crippen LogP contribution in [0, 0.1) is 0 Å². The molecule has 4 N–H and O–H groups in total. The highest BCUT2D eigenvalue weighted by molar-refractivity contribution is 5.83. The number of aromatic nitrogens is 1. The van der Waals surface area contributed by atoms with Crippen molar-refractivity contribution in [2.24, 2.45) is 0 Å². The maximum Gasteiger partial charge on any atom is 0.321 e. The quantitative estimate of drug-likeness (QED) is 0.628. The first kappa shape index (κ1) is 18.7. The van der Waals surface area contributed by atoms with Gasteiger partial charge in [0, 0.05) is 17.1 Å². The summed E-state index contributed by atoms with van der Waals surface area (Å²) < 4.78 is 0. The van der Waals surface area contributed by atoms with Crippen LogP contribution in [0.1, 0.15) is 32.3 Å². The molecule has 126 valence electrons. The highest BCUT2D eigenvalue weighted by Crippen LogP contribution is 2.17. The van der Waals surface area contributed by atoms with Gasteiger partial charge in [0.1, 0.15) is 6.04 Å². The molecule has 0 radical (unpaired) electrons. The largest absolute Gasteiger partial charge is 0.481 e. The monoisotopic (exact) mass is 320 g/mol. The predicted molar refractivity (Wildman–Crippen MR) is 89.6 cm³/mol. The second kappa shape index (κ2) is 9.63. The summed E-state index contributed by atoms with van der Waals surface area (Å²) in [7, 11) is 0. The number of H-pyrrole nitrogens is 1. The molecule has 1 aromatic carbocycles. The summed E-state index contributed by atoms with van der Waals surface area (Å²) in [4.78, 5) is 23.8. The number of aromatic amines is 1. The SMILES string of the molecule is CCCNC(CC(=O)O)C(=O)O.CCc1c[nH]c2ccccc12. The normalized spacial score (nSPS) is 11.6. The van der Waals surface area contributed by atoms with Gasteiger partial charge in [0.25, 0.3) is 0 Å². The Labute approximate surface area is 135 Å². The average molecular weight is 320 g/mol. The highest BCUT2D eigenvalue weighted by Gasteiger charge is 2.19. The number of aryl methyl sites for hydroxylation is 1. The topological polar surface area (TPSA) is 102 Å². The van der Waals surface area contributed by atoms with Gasteiger partial charge in [-0.2, -0.15) is 0 Å². The molecular weight excluding hydrogens is 296 g/mol. The molecule has 0 amide bonds. The van der Waals surface area contributed by atoms with E-state index in [-0.39, 0.29) is 6.42 Å². The fraction of sp³-hybridized carbons (Fsp3) is 0.412. The van der Waals surface area contributed by atoms with Crippen LogP contribution >= 0.6 is 0 Å². The minimum Gasteiger partial charge on any atom is -0.481 e. The Kier molecular flexibility index (Phi) is 7.83. The summed E-state index contributed by atoms with van der Waals surface area (Å²) >= 11 is 0. The summed E-state index contributed by atoms with van der Waals surface area (Å²) in [6, 6.07) is 7.43. The third-order valence-corrected chi connectivity index (χ3v) is 3.37. The van der Waals surface area contributed by atoms with Crippen molar-refractivity contribution in [1.29, 1.82) is 0 Å². The average Bonchev–Trinajstić information content (AvgIpc) is 2.94. The minimum atomic E-state index is -1.12. The molecule has 2 rings (SSSR count). The van der Waals surface area contributed by atoms with Gasteiger partial charge in [-0.25, -0.2) is 0 Å². The van der Waals surface area contributed by atoms with Gasteiger partial charge in [-0.1, -0.05) is 32.0 Å². The van der Waals surface area contributed by atoms with Crippen molar-refractivity contribution in [3.05, 3.63) is 36.0 Å². The van der Waals surface area contributed by atoms with Gasteiger partial charge in [0.2, 0.25) is 0 Å². The van der Waals surface area contributed by atoms with Crippen molar-refractivity contribution in [1.82, 2.24) is 10.3 Å². The summed E-state index contributed by atoms with van der Waals surface area (Å²) in [5.41, 5.74) is 2.64. The summed E-state index contributed by atoms with van der Waals surface area (Å²) in [6.07, 6.45) is 3.59. The first-order valence-electron chi connectivity index (χ1n) is 7.72. The Morgan fingerprint density at radius 1 is 1.22 bits per heavy atom. The van der Waals surface area contributed by atoms with Gasteiger partial charge in [0.05, 0.1) is 6.42 Å². The van der Waals surface area contributed by atoms with Gasteiger partial charge < -0.3 is 20.5 Å². The molecule has 23 heavy (non-hydrogen) atoms. The third-order valence-electron chi connectivity index (χ3n) is 3.37. The number of hydrogen-bond acceptors (Lipinski definition) is 3. The number of aliphatic carboxylic acids is 2. The van der Waals surface area contributed by atoms with E-state index in [1.807, 2.05) is 6.92 Å². The molecule has 1 aromatic heterocycles. The van der Waals surface area contributed by atoms with E-state index in [9.17, 15) is 9.59 Å². The molecule has 0 aliphatic carbocycles. The number of nitrogens with one attached hydrogen (secondary N) is 2. The number of benzene rings is 1. The number of para-hydroxylation sites is 1. The number of fused-ring (bicyclic) bond motifs is 1. The molecule has 2 aromatic rings. The van der Waals surface area contributed by atoms with Crippen molar-refractivity contribution < 1.29 is 19.8 Å². The van der Waals surface area contributed by atoms with Gasteiger partial charge in [-0.15, -0.1) is 0 Å². The molecule has 0 fully saturated rings. The lowest BCUT2D eigenvalue weighted by Gasteiger charge is -2.10. The number of rotatable bonds is 7. The molecule has 0 saturated heterocycles. The zero-order chi connectivity index (χ0) is 17.2. The Morgan fingerprint density at radius 2 is 1.91 bits per heavy atom. The minimum absolute atomic E-state index is 0.380. The molecule has 6 heteroatoms. The van der Waals surface area contributed by atoms with Crippen LogP contribution in [0.5, 0.6) is 0 Å². The Balaban J connectivity index is 0.000000230. The molecule has 0 aliphatic rings. The van der Waals surface area contributed by atoms with Crippen LogP contribution in [0.2, 0.25) is 0 Å². The number of carboxylic acids is 2. The number of carboxylic acid groups (broad SMARTS) is 2. The van der Waals surface area contributed by atoms with Crippen LogP contribution in [0.25, 0.3) is 10.9 Å². The van der Waals surface area contributed by atoms with Crippen molar-refractivity contribution in [3.63, 3.8) is 0 Å². The first-order valence-corrected chi connectivity index (χ1v) is 7.72. The van der Waals surface area contributed by atoms with E-state index in [0.29, 0.717) is 6.54 Å². The maximum atomic E-state index is 10.4. The van der Waals surface area contributed by atoms with E-state index in [1.54, 1.807) is 0 Å². The van der Waals surface area contributed by atoms with Crippen LogP contribution in [-0.2, 0) is 16.0 Å². The van der Waals surface area contributed by atoms with E-state index in [0.717, 1.165) is 12.8 Å². The van der Waals surface area contributed by atoms with Crippen LogP contribution in [0.3, 0.4) is 0 Å². The predicted octanol–water partition coefficient (Wildman–Crippen LogP) is 2.64. The first-order chi connectivity index (χ1) is 11.0. The second-order valence-corrected chi connectivity index (χ2v) is 5.16. The zero-order valence-corrected chi connectivity index (χ0v) is 13.5. The Bertz CT molecular complexity index is 636. The number of hydrogen-bond donors (Lipinski definition) is 4. The fourth-order valence-corrected chi connectivity index (χ4v) is 2.16. The van der Waals surface area contributed by atoms with E-state index in [1.165, 1.54) is 16.5 Å². The lowest BCUT2D eigenvalue weighted by molar-refractivity contribution is -0.145. The van der Waals surface area contributed by atoms with E-state index >= 15 is 0 Å². The van der Waals surface area contributed by atoms with E-state index in [2.05, 4.69) is 47.7 Å². The molecule has 1 heterocycles. The van der Waals surface area contributed by atoms with E-state index in [4.69, 9.17) is 10.2 Å². The lowest BCUT2D eigenvalue weighted by Crippen LogP contribution is -2.38. The molecule has 6 nitrogen and oxygen atoms in total. The number of carbonyl (C=O) groups is 2. The molecule has 1 unspecified atom stereocenters. The summed E-state index contributed by atoms with van der Waals surface area (Å²) in [5, 5.41) is 20.8. The second-order valence-electron chi connectivity index (χ2n) is 5.16. The lowest BCUT2D eigenvalue weighted by atomic mass is 10.1. The van der Waals surface area contributed by atoms with Crippen molar-refractivity contribution >= 4 is 22.8 Å². The third kappa shape index (κ3) is 6.12. The summed E-state index contributed by atoms with van der Waals surface area (Å²) in [5.74, 6) is -2.23. The van der Waals surface area contributed by atoms with Crippen molar-refractivity contribution in [3.8, 4) is 0 Å². The van der Waals surface area contributed by atoms with Gasteiger partial charge in [-0.3, -0.25) is 9.59 Å². The molecular formula is C17H24N2O4. The molecule has 0 aliphatic heterocycles. The molecule has 0 saturated carbocycles. The van der Waals surface area contributed by atoms with E-state index < -0.39 is 18.0 Å². The maximum absolute atomic E-state index is 10.4. The Hall–Kier alpha value is -2.34. The van der Waals surface area contributed by atoms with Crippen LogP contribution in [-0.4, -0.2) is 39.7 Å². The van der Waals surface area contributed by atoms with Crippen LogP contribution in [0.4, 0.5) is 0 Å². The van der Waals surface area contributed by atoms with Crippen LogP contribution < -0.4 is 5.32 Å². The summed E-state index contributed by atoms with van der Waals surface area (Å²) in [6.45, 7) is 4.58. The van der Waals surface area contributed by atoms with Gasteiger partial charge >= 0.3 is 11.9 Å². The smallest absolute Gasteiger partial charge is 0.321 e. The zero-order valence-electron chi connectivity index (χ0n) is 13.5. The van der Waals surface area contributed by atoms with Gasteiger partial charge in [0.15, 0.2) is 0 Å². The van der Waals surface area contributed by atoms with Crippen molar-refractivity contribution in [2.75, 3.05) is 6.54 Å². The standard InChI is InChI=1S/C10H11N.C7H13NO4/c1-2-8-7-11-10-6-4-3-5-9(8)10;1-2-3-8-5(7(11)12)4-6(9)10/h3-7,11H,2H2,1H3;5,8H,2-4H2,1H3,(H,9,10)(H,11,12). The Morgan fingerprint density at radius 3 is 2.48 bits per heavy atom. The molecule has 0 bridgehead atoms. The van der Waals surface area contributed by atoms with Crippen LogP contribution in [0.15, 0.2) is 30.5 Å².